The second-order valence-electron chi connectivity index (χ2n) is 5.06. The molecule has 1 aromatic carbocycles. The van der Waals surface area contributed by atoms with Gasteiger partial charge < -0.3 is 4.90 Å². The lowest BCUT2D eigenvalue weighted by atomic mass is 10.1. The van der Waals surface area contributed by atoms with Crippen molar-refractivity contribution >= 4 is 17.5 Å². The summed E-state index contributed by atoms with van der Waals surface area (Å²) in [5.41, 5.74) is 2.72. The van der Waals surface area contributed by atoms with Crippen LogP contribution in [0.25, 0.3) is 0 Å². The SMILES string of the molecule is CCCN(Cc1ccc(C)cc1)C(=O)c1cccc(Cl)n1. The standard InChI is InChI=1S/C17H19ClN2O/c1-3-11-20(12-14-9-7-13(2)8-10-14)17(21)15-5-4-6-16(18)19-15/h4-10H,3,11-12H2,1-2H3. The Bertz CT molecular complexity index is 610. The van der Waals surface area contributed by atoms with Crippen molar-refractivity contribution in [3.8, 4) is 0 Å². The molecule has 2 rings (SSSR count). The molecule has 0 aliphatic carbocycles. The summed E-state index contributed by atoms with van der Waals surface area (Å²) in [7, 11) is 0. The van der Waals surface area contributed by atoms with Crippen molar-refractivity contribution in [1.82, 2.24) is 9.88 Å². The highest BCUT2D eigenvalue weighted by molar-refractivity contribution is 6.29. The maximum Gasteiger partial charge on any atom is 0.272 e. The lowest BCUT2D eigenvalue weighted by Crippen LogP contribution is -2.31. The number of carbonyl (C=O) groups is 1. The summed E-state index contributed by atoms with van der Waals surface area (Å²) < 4.78 is 0. The first kappa shape index (κ1) is 15.5. The van der Waals surface area contributed by atoms with Crippen LogP contribution in [0.1, 0.15) is 35.0 Å². The molecule has 1 aromatic heterocycles. The molecule has 4 heteroatoms. The van der Waals surface area contributed by atoms with Crippen LogP contribution in [0.3, 0.4) is 0 Å². The van der Waals surface area contributed by atoms with E-state index in [9.17, 15) is 4.79 Å². The van der Waals surface area contributed by atoms with Gasteiger partial charge in [0.15, 0.2) is 0 Å². The molecule has 0 aliphatic rings. The van der Waals surface area contributed by atoms with E-state index in [4.69, 9.17) is 11.6 Å². The Balaban J connectivity index is 2.18. The lowest BCUT2D eigenvalue weighted by Gasteiger charge is -2.22. The molecule has 0 radical (unpaired) electrons. The predicted molar refractivity (Wildman–Crippen MR) is 85.5 cm³/mol. The highest BCUT2D eigenvalue weighted by Gasteiger charge is 2.16. The zero-order chi connectivity index (χ0) is 15.2. The fraction of sp³-hybridized carbons (Fsp3) is 0.294. The molecule has 0 saturated carbocycles. The van der Waals surface area contributed by atoms with Crippen molar-refractivity contribution in [3.63, 3.8) is 0 Å². The quantitative estimate of drug-likeness (QED) is 0.779. The van der Waals surface area contributed by atoms with E-state index in [1.165, 1.54) is 5.56 Å². The molecule has 0 unspecified atom stereocenters. The zero-order valence-electron chi connectivity index (χ0n) is 12.3. The minimum Gasteiger partial charge on any atom is -0.333 e. The minimum absolute atomic E-state index is 0.0834. The summed E-state index contributed by atoms with van der Waals surface area (Å²) >= 11 is 5.87. The first-order valence-corrected chi connectivity index (χ1v) is 7.45. The topological polar surface area (TPSA) is 33.2 Å². The number of rotatable bonds is 5. The van der Waals surface area contributed by atoms with Gasteiger partial charge in [0, 0.05) is 13.1 Å². The Hall–Kier alpha value is -1.87. The number of carbonyl (C=O) groups excluding carboxylic acids is 1. The Morgan fingerprint density at radius 3 is 2.52 bits per heavy atom. The lowest BCUT2D eigenvalue weighted by molar-refractivity contribution is 0.0737. The summed E-state index contributed by atoms with van der Waals surface area (Å²) in [6, 6.07) is 13.3. The fourth-order valence-corrected chi connectivity index (χ4v) is 2.29. The fourth-order valence-electron chi connectivity index (χ4n) is 2.13. The van der Waals surface area contributed by atoms with Gasteiger partial charge in [-0.3, -0.25) is 4.79 Å². The molecule has 0 N–H and O–H groups in total. The Morgan fingerprint density at radius 2 is 1.90 bits per heavy atom. The van der Waals surface area contributed by atoms with Gasteiger partial charge in [-0.05, 0) is 31.0 Å². The Morgan fingerprint density at radius 1 is 1.19 bits per heavy atom. The minimum atomic E-state index is -0.0834. The third kappa shape index (κ3) is 4.30. The zero-order valence-corrected chi connectivity index (χ0v) is 13.1. The van der Waals surface area contributed by atoms with Crippen LogP contribution in [0.2, 0.25) is 5.15 Å². The van der Waals surface area contributed by atoms with Crippen LogP contribution in [-0.4, -0.2) is 22.3 Å². The molecular formula is C17H19ClN2O. The van der Waals surface area contributed by atoms with Gasteiger partial charge in [-0.15, -0.1) is 0 Å². The van der Waals surface area contributed by atoms with Gasteiger partial charge in [-0.1, -0.05) is 54.4 Å². The summed E-state index contributed by atoms with van der Waals surface area (Å²) in [5, 5.41) is 0.340. The van der Waals surface area contributed by atoms with E-state index in [1.54, 1.807) is 18.2 Å². The number of amides is 1. The number of aromatic nitrogens is 1. The highest BCUT2D eigenvalue weighted by atomic mass is 35.5. The van der Waals surface area contributed by atoms with Crippen molar-refractivity contribution < 1.29 is 4.79 Å². The first-order valence-electron chi connectivity index (χ1n) is 7.07. The molecular weight excluding hydrogens is 284 g/mol. The van der Waals surface area contributed by atoms with Gasteiger partial charge in [-0.25, -0.2) is 4.98 Å². The van der Waals surface area contributed by atoms with Gasteiger partial charge in [0.05, 0.1) is 0 Å². The van der Waals surface area contributed by atoms with Crippen molar-refractivity contribution in [2.75, 3.05) is 6.54 Å². The third-order valence-corrected chi connectivity index (χ3v) is 3.42. The van der Waals surface area contributed by atoms with E-state index in [2.05, 4.69) is 43.1 Å². The van der Waals surface area contributed by atoms with E-state index in [0.717, 1.165) is 12.0 Å². The van der Waals surface area contributed by atoms with E-state index in [1.807, 2.05) is 4.90 Å². The monoisotopic (exact) mass is 302 g/mol. The molecule has 0 bridgehead atoms. The van der Waals surface area contributed by atoms with E-state index in [0.29, 0.717) is 23.9 Å². The van der Waals surface area contributed by atoms with Gasteiger partial charge in [0.25, 0.3) is 5.91 Å². The van der Waals surface area contributed by atoms with Crippen LogP contribution in [0.5, 0.6) is 0 Å². The van der Waals surface area contributed by atoms with Crippen molar-refractivity contribution in [2.24, 2.45) is 0 Å². The molecule has 2 aromatic rings. The number of nitrogens with zero attached hydrogens (tertiary/aromatic N) is 2. The normalized spacial score (nSPS) is 10.4. The molecule has 110 valence electrons. The first-order chi connectivity index (χ1) is 10.1. The Kier molecular flexibility index (Phi) is 5.34. The second kappa shape index (κ2) is 7.23. The molecule has 1 amide bonds. The van der Waals surface area contributed by atoms with Crippen LogP contribution in [0.15, 0.2) is 42.5 Å². The average Bonchev–Trinajstić information content (AvgIpc) is 2.48. The van der Waals surface area contributed by atoms with E-state index >= 15 is 0 Å². The van der Waals surface area contributed by atoms with Crippen molar-refractivity contribution in [1.29, 1.82) is 0 Å². The number of hydrogen-bond acceptors (Lipinski definition) is 2. The van der Waals surface area contributed by atoms with Crippen molar-refractivity contribution in [3.05, 3.63) is 64.4 Å². The maximum absolute atomic E-state index is 12.6. The van der Waals surface area contributed by atoms with Gasteiger partial charge in [-0.2, -0.15) is 0 Å². The molecule has 1 heterocycles. The third-order valence-electron chi connectivity index (χ3n) is 3.21. The number of halogens is 1. The average molecular weight is 303 g/mol. The Labute approximate surface area is 130 Å². The summed E-state index contributed by atoms with van der Waals surface area (Å²) in [6.45, 7) is 5.39. The van der Waals surface area contributed by atoms with Crippen LogP contribution in [0.4, 0.5) is 0 Å². The maximum atomic E-state index is 12.6. The summed E-state index contributed by atoms with van der Waals surface area (Å²) in [5.74, 6) is -0.0834. The van der Waals surface area contributed by atoms with Gasteiger partial charge >= 0.3 is 0 Å². The van der Waals surface area contributed by atoms with Crippen LogP contribution >= 0.6 is 11.6 Å². The number of aryl methyl sites for hydroxylation is 1. The van der Waals surface area contributed by atoms with Crippen LogP contribution in [-0.2, 0) is 6.54 Å². The molecule has 0 fully saturated rings. The molecule has 21 heavy (non-hydrogen) atoms. The second-order valence-corrected chi connectivity index (χ2v) is 5.45. The summed E-state index contributed by atoms with van der Waals surface area (Å²) in [4.78, 5) is 18.5. The molecule has 0 aliphatic heterocycles. The molecule has 0 spiro atoms. The van der Waals surface area contributed by atoms with E-state index < -0.39 is 0 Å². The molecule has 0 saturated heterocycles. The van der Waals surface area contributed by atoms with Crippen molar-refractivity contribution in [2.45, 2.75) is 26.8 Å². The van der Waals surface area contributed by atoms with E-state index in [-0.39, 0.29) is 5.91 Å². The molecule has 0 atom stereocenters. The smallest absolute Gasteiger partial charge is 0.272 e. The van der Waals surface area contributed by atoms with Gasteiger partial charge in [0.2, 0.25) is 0 Å². The number of pyridine rings is 1. The van der Waals surface area contributed by atoms with Crippen LogP contribution < -0.4 is 0 Å². The highest BCUT2D eigenvalue weighted by Crippen LogP contribution is 2.12. The number of benzene rings is 1. The van der Waals surface area contributed by atoms with Gasteiger partial charge in [0.1, 0.15) is 10.8 Å². The largest absolute Gasteiger partial charge is 0.333 e. The molecule has 3 nitrogen and oxygen atoms in total. The predicted octanol–water partition coefficient (Wildman–Crippen LogP) is 4.10. The number of hydrogen-bond donors (Lipinski definition) is 0. The summed E-state index contributed by atoms with van der Waals surface area (Å²) in [6.07, 6.45) is 0.901. The van der Waals surface area contributed by atoms with Crippen LogP contribution in [0, 0.1) is 6.92 Å².